The number of nitrogens with one attached hydrogen (secondary N) is 2. The molecule has 1 aliphatic heterocycles. The number of hydrogen-bond donors (Lipinski definition) is 2. The molecule has 4 rings (SSSR count). The average Bonchev–Trinajstić information content (AvgIpc) is 3.57. The third kappa shape index (κ3) is 6.54. The van der Waals surface area contributed by atoms with Crippen LogP contribution >= 0.6 is 0 Å². The molecule has 3 amide bonds. The number of benzene rings is 1. The van der Waals surface area contributed by atoms with Crippen LogP contribution in [0.15, 0.2) is 65.4 Å². The summed E-state index contributed by atoms with van der Waals surface area (Å²) in [4.78, 5) is 45.1. The molecule has 188 valence electrons. The molecule has 0 radical (unpaired) electrons. The van der Waals surface area contributed by atoms with Crippen molar-refractivity contribution in [3.63, 3.8) is 0 Å². The molecule has 36 heavy (non-hydrogen) atoms. The minimum Gasteiger partial charge on any atom is -0.376 e. The van der Waals surface area contributed by atoms with E-state index in [-0.39, 0.29) is 42.5 Å². The summed E-state index contributed by atoms with van der Waals surface area (Å²) in [5, 5.41) is 9.30. The Kier molecular flexibility index (Phi) is 8.40. The molecule has 3 heterocycles. The van der Waals surface area contributed by atoms with Crippen LogP contribution in [0.25, 0.3) is 0 Å². The predicted octanol–water partition coefficient (Wildman–Crippen LogP) is 3.17. The quantitative estimate of drug-likeness (QED) is 0.446. The van der Waals surface area contributed by atoms with Crippen LogP contribution in [0.2, 0.25) is 0 Å². The standard InChI is InChI=1S/C26H29N5O5/c1-18-15-22(30-36-18)29-23(32)11-12-24(33)31(20-8-3-2-4-9-20)25(19-7-5-13-27-16-19)26(34)28-17-21-10-6-14-35-21/h2-5,7-9,13,15-16,21,25H,6,10-12,14,17H2,1H3,(H,28,34)(H,29,30,32)/t21-,25+/m1/s1. The zero-order valence-corrected chi connectivity index (χ0v) is 20.1. The van der Waals surface area contributed by atoms with E-state index in [1.165, 1.54) is 4.90 Å². The highest BCUT2D eigenvalue weighted by atomic mass is 16.5. The maximum Gasteiger partial charge on any atom is 0.247 e. The monoisotopic (exact) mass is 491 g/mol. The Morgan fingerprint density at radius 2 is 1.97 bits per heavy atom. The molecule has 2 atom stereocenters. The molecular formula is C26H29N5O5. The molecule has 3 aromatic rings. The van der Waals surface area contributed by atoms with Gasteiger partial charge in [0, 0.05) is 55.7 Å². The Labute approximate surface area is 209 Å². The Hall–Kier alpha value is -4.05. The molecule has 0 spiro atoms. The first kappa shape index (κ1) is 25.1. The lowest BCUT2D eigenvalue weighted by Gasteiger charge is -2.31. The summed E-state index contributed by atoms with van der Waals surface area (Å²) in [6.07, 6.45) is 4.75. The van der Waals surface area contributed by atoms with E-state index in [1.54, 1.807) is 61.8 Å². The van der Waals surface area contributed by atoms with E-state index in [0.29, 0.717) is 30.2 Å². The number of para-hydroxylation sites is 1. The highest BCUT2D eigenvalue weighted by Gasteiger charge is 2.33. The fraction of sp³-hybridized carbons (Fsp3) is 0.346. The van der Waals surface area contributed by atoms with Crippen molar-refractivity contribution in [2.75, 3.05) is 23.4 Å². The molecule has 2 N–H and O–H groups in total. The minimum atomic E-state index is -0.976. The van der Waals surface area contributed by atoms with Crippen LogP contribution in [0.1, 0.15) is 43.0 Å². The van der Waals surface area contributed by atoms with Crippen LogP contribution in [0.5, 0.6) is 0 Å². The van der Waals surface area contributed by atoms with Crippen molar-refractivity contribution in [2.24, 2.45) is 0 Å². The van der Waals surface area contributed by atoms with Gasteiger partial charge in [-0.3, -0.25) is 24.3 Å². The van der Waals surface area contributed by atoms with Crippen LogP contribution in [0.4, 0.5) is 11.5 Å². The molecule has 1 aromatic carbocycles. The molecule has 1 fully saturated rings. The Bertz CT molecular complexity index is 1160. The highest BCUT2D eigenvalue weighted by molar-refractivity contribution is 6.03. The number of rotatable bonds is 10. The van der Waals surface area contributed by atoms with Gasteiger partial charge in [0.2, 0.25) is 17.7 Å². The summed E-state index contributed by atoms with van der Waals surface area (Å²) in [6.45, 7) is 2.75. The second-order valence-corrected chi connectivity index (χ2v) is 8.54. The van der Waals surface area contributed by atoms with Gasteiger partial charge in [0.25, 0.3) is 0 Å². The van der Waals surface area contributed by atoms with E-state index < -0.39 is 6.04 Å². The molecule has 10 nitrogen and oxygen atoms in total. The summed E-state index contributed by atoms with van der Waals surface area (Å²) in [5.41, 5.74) is 1.10. The van der Waals surface area contributed by atoms with Gasteiger partial charge in [-0.1, -0.05) is 29.4 Å². The van der Waals surface area contributed by atoms with E-state index in [0.717, 1.165) is 12.8 Å². The lowest BCUT2D eigenvalue weighted by atomic mass is 10.0. The average molecular weight is 492 g/mol. The molecule has 0 aliphatic carbocycles. The third-order valence-electron chi connectivity index (χ3n) is 5.80. The number of anilines is 2. The van der Waals surface area contributed by atoms with Crippen LogP contribution in [0.3, 0.4) is 0 Å². The normalized spacial score (nSPS) is 15.8. The van der Waals surface area contributed by atoms with Gasteiger partial charge in [-0.15, -0.1) is 0 Å². The molecule has 0 unspecified atom stereocenters. The summed E-state index contributed by atoms with van der Waals surface area (Å²) in [7, 11) is 0. The van der Waals surface area contributed by atoms with E-state index in [4.69, 9.17) is 9.26 Å². The third-order valence-corrected chi connectivity index (χ3v) is 5.80. The van der Waals surface area contributed by atoms with E-state index in [1.807, 2.05) is 6.07 Å². The molecule has 2 aromatic heterocycles. The van der Waals surface area contributed by atoms with Crippen molar-refractivity contribution >= 4 is 29.2 Å². The van der Waals surface area contributed by atoms with Crippen molar-refractivity contribution in [1.82, 2.24) is 15.5 Å². The maximum atomic E-state index is 13.6. The summed E-state index contributed by atoms with van der Waals surface area (Å²) in [6, 6.07) is 13.0. The number of carbonyl (C=O) groups is 3. The topological polar surface area (TPSA) is 127 Å². The lowest BCUT2D eigenvalue weighted by molar-refractivity contribution is -0.127. The number of aromatic nitrogens is 2. The van der Waals surface area contributed by atoms with Gasteiger partial charge in [0.1, 0.15) is 11.8 Å². The highest BCUT2D eigenvalue weighted by Crippen LogP contribution is 2.29. The van der Waals surface area contributed by atoms with E-state index >= 15 is 0 Å². The van der Waals surface area contributed by atoms with Gasteiger partial charge >= 0.3 is 0 Å². The fourth-order valence-corrected chi connectivity index (χ4v) is 4.07. The maximum absolute atomic E-state index is 13.6. The molecule has 1 aliphatic rings. The van der Waals surface area contributed by atoms with Gasteiger partial charge in [0.15, 0.2) is 5.82 Å². The number of ether oxygens (including phenoxy) is 1. The van der Waals surface area contributed by atoms with Gasteiger partial charge in [-0.25, -0.2) is 0 Å². The number of amides is 3. The molecular weight excluding hydrogens is 462 g/mol. The van der Waals surface area contributed by atoms with Crippen molar-refractivity contribution in [1.29, 1.82) is 0 Å². The number of nitrogens with zero attached hydrogens (tertiary/aromatic N) is 3. The summed E-state index contributed by atoms with van der Waals surface area (Å²) in [5.74, 6) is -0.269. The smallest absolute Gasteiger partial charge is 0.247 e. The fourth-order valence-electron chi connectivity index (χ4n) is 4.07. The van der Waals surface area contributed by atoms with Gasteiger partial charge in [0.05, 0.1) is 6.10 Å². The Morgan fingerprint density at radius 3 is 2.64 bits per heavy atom. The largest absolute Gasteiger partial charge is 0.376 e. The molecule has 0 saturated carbocycles. The molecule has 10 heteroatoms. The second-order valence-electron chi connectivity index (χ2n) is 8.54. The summed E-state index contributed by atoms with van der Waals surface area (Å²) >= 11 is 0. The Morgan fingerprint density at radius 1 is 1.14 bits per heavy atom. The SMILES string of the molecule is Cc1cc(NC(=O)CCC(=O)N(c2ccccc2)[C@H](C(=O)NC[C@H]2CCCO2)c2cccnc2)no1. The Balaban J connectivity index is 1.55. The minimum absolute atomic E-state index is 0.0479. The van der Waals surface area contributed by atoms with Crippen molar-refractivity contribution < 1.29 is 23.6 Å². The molecule has 1 saturated heterocycles. The zero-order chi connectivity index (χ0) is 25.3. The predicted molar refractivity (Wildman–Crippen MR) is 132 cm³/mol. The number of hydrogen-bond acceptors (Lipinski definition) is 7. The van der Waals surface area contributed by atoms with E-state index in [2.05, 4.69) is 20.8 Å². The number of aryl methyl sites for hydroxylation is 1. The first-order valence-electron chi connectivity index (χ1n) is 11.9. The number of carbonyl (C=O) groups excluding carboxylic acids is 3. The van der Waals surface area contributed by atoms with Crippen LogP contribution in [-0.2, 0) is 19.1 Å². The van der Waals surface area contributed by atoms with Crippen LogP contribution in [0, 0.1) is 6.92 Å². The van der Waals surface area contributed by atoms with Gasteiger partial charge in [-0.05, 0) is 38.0 Å². The van der Waals surface area contributed by atoms with Gasteiger partial charge in [-0.2, -0.15) is 0 Å². The summed E-state index contributed by atoms with van der Waals surface area (Å²) < 4.78 is 10.6. The van der Waals surface area contributed by atoms with Crippen molar-refractivity contribution in [3.05, 3.63) is 72.2 Å². The van der Waals surface area contributed by atoms with Crippen LogP contribution < -0.4 is 15.5 Å². The first-order valence-corrected chi connectivity index (χ1v) is 11.9. The number of pyridine rings is 1. The lowest BCUT2D eigenvalue weighted by Crippen LogP contribution is -2.45. The molecule has 0 bridgehead atoms. The second kappa shape index (κ2) is 12.1. The van der Waals surface area contributed by atoms with Crippen molar-refractivity contribution in [3.8, 4) is 0 Å². The van der Waals surface area contributed by atoms with Gasteiger partial charge < -0.3 is 19.9 Å². The van der Waals surface area contributed by atoms with Crippen molar-refractivity contribution in [2.45, 2.75) is 44.8 Å². The van der Waals surface area contributed by atoms with Crippen LogP contribution in [-0.4, -0.2) is 47.1 Å². The first-order chi connectivity index (χ1) is 17.5. The zero-order valence-electron chi connectivity index (χ0n) is 20.1. The van der Waals surface area contributed by atoms with E-state index in [9.17, 15) is 14.4 Å².